The Hall–Kier alpha value is -0.590. The van der Waals surface area contributed by atoms with Crippen molar-refractivity contribution in [1.29, 1.82) is 5.26 Å². The van der Waals surface area contributed by atoms with E-state index in [0.717, 1.165) is 44.9 Å². The molecule has 2 aliphatic rings. The monoisotopic (exact) mass is 265 g/mol. The number of nitriles is 1. The lowest BCUT2D eigenvalue weighted by Gasteiger charge is -2.52. The number of nitrogens with zero attached hydrogens (tertiary/aromatic N) is 1. The molecule has 2 saturated carbocycles. The molecule has 0 aromatic carbocycles. The van der Waals surface area contributed by atoms with Gasteiger partial charge >= 0.3 is 0 Å². The number of ether oxygens (including phenoxy) is 1. The second kappa shape index (κ2) is 5.07. The second-order valence-electron chi connectivity index (χ2n) is 7.25. The molecule has 19 heavy (non-hydrogen) atoms. The van der Waals surface area contributed by atoms with Crippen LogP contribution in [0.5, 0.6) is 0 Å². The number of hydrogen-bond acceptors (Lipinski definition) is 3. The molecule has 0 amide bonds. The average molecular weight is 265 g/mol. The Morgan fingerprint density at radius 1 is 1.11 bits per heavy atom. The molecule has 0 heterocycles. The van der Waals surface area contributed by atoms with Gasteiger partial charge in [0.05, 0.1) is 17.6 Å². The van der Waals surface area contributed by atoms with Crippen LogP contribution in [0.2, 0.25) is 0 Å². The summed E-state index contributed by atoms with van der Waals surface area (Å²) in [6.07, 6.45) is 7.12. The lowest BCUT2D eigenvalue weighted by Crippen LogP contribution is -2.59. The van der Waals surface area contributed by atoms with Gasteiger partial charge in [0.1, 0.15) is 5.60 Å². The molecule has 2 fully saturated rings. The third kappa shape index (κ3) is 2.41. The van der Waals surface area contributed by atoms with E-state index in [1.807, 2.05) is 0 Å². The molecule has 3 heteroatoms. The fraction of sp³-hybridized carbons (Fsp3) is 0.938. The molecule has 108 valence electrons. The molecule has 0 saturated heterocycles. The Balaban J connectivity index is 2.28. The van der Waals surface area contributed by atoms with Gasteiger partial charge in [-0.15, -0.1) is 0 Å². The Morgan fingerprint density at radius 3 is 2.26 bits per heavy atom. The summed E-state index contributed by atoms with van der Waals surface area (Å²) >= 11 is 0. The van der Waals surface area contributed by atoms with Crippen LogP contribution < -0.4 is 0 Å². The van der Waals surface area contributed by atoms with E-state index in [9.17, 15) is 10.4 Å². The smallest absolute Gasteiger partial charge is 0.109 e. The van der Waals surface area contributed by atoms with Crippen LogP contribution in [-0.2, 0) is 4.74 Å². The summed E-state index contributed by atoms with van der Waals surface area (Å²) in [5, 5.41) is 21.0. The van der Waals surface area contributed by atoms with E-state index in [1.54, 1.807) is 7.11 Å². The summed E-state index contributed by atoms with van der Waals surface area (Å²) in [5.74, 6) is 0. The van der Waals surface area contributed by atoms with Crippen LogP contribution in [0.4, 0.5) is 0 Å². The summed E-state index contributed by atoms with van der Waals surface area (Å²) < 4.78 is 5.54. The van der Waals surface area contributed by atoms with E-state index in [2.05, 4.69) is 19.9 Å². The molecule has 2 atom stereocenters. The maximum Gasteiger partial charge on any atom is 0.109 e. The Labute approximate surface area is 117 Å². The van der Waals surface area contributed by atoms with E-state index in [-0.39, 0.29) is 6.10 Å². The number of methoxy groups -OCH3 is 1. The summed E-state index contributed by atoms with van der Waals surface area (Å²) in [6, 6.07) is 2.50. The van der Waals surface area contributed by atoms with Crippen molar-refractivity contribution in [3.8, 4) is 6.07 Å². The first-order valence-corrected chi connectivity index (χ1v) is 7.56. The molecule has 0 radical (unpaired) electrons. The van der Waals surface area contributed by atoms with Crippen molar-refractivity contribution in [2.75, 3.05) is 7.11 Å². The second-order valence-corrected chi connectivity index (χ2v) is 7.25. The van der Waals surface area contributed by atoms with Crippen LogP contribution in [0.3, 0.4) is 0 Å². The summed E-state index contributed by atoms with van der Waals surface area (Å²) in [6.45, 7) is 4.51. The third-order valence-electron chi connectivity index (χ3n) is 5.59. The van der Waals surface area contributed by atoms with Gasteiger partial charge in [-0.05, 0) is 43.9 Å². The zero-order chi connectivity index (χ0) is 14.1. The van der Waals surface area contributed by atoms with Gasteiger partial charge in [-0.1, -0.05) is 26.7 Å². The molecular formula is C16H27NO2. The minimum absolute atomic E-state index is 0.179. The number of rotatable bonds is 2. The average Bonchev–Trinajstić information content (AvgIpc) is 2.39. The van der Waals surface area contributed by atoms with Gasteiger partial charge in [-0.3, -0.25) is 0 Å². The molecule has 2 unspecified atom stereocenters. The van der Waals surface area contributed by atoms with Gasteiger partial charge in [0, 0.05) is 7.11 Å². The molecule has 0 bridgehead atoms. The fourth-order valence-electron chi connectivity index (χ4n) is 3.98. The van der Waals surface area contributed by atoms with Gasteiger partial charge in [-0.2, -0.15) is 5.26 Å². The normalized spacial score (nSPS) is 37.5. The van der Waals surface area contributed by atoms with Crippen LogP contribution in [0, 0.1) is 22.2 Å². The van der Waals surface area contributed by atoms with Crippen molar-refractivity contribution in [2.24, 2.45) is 10.8 Å². The molecule has 1 N–H and O–H groups in total. The maximum absolute atomic E-state index is 11.2. The van der Waals surface area contributed by atoms with Gasteiger partial charge in [0.15, 0.2) is 0 Å². The predicted molar refractivity (Wildman–Crippen MR) is 74.5 cm³/mol. The lowest BCUT2D eigenvalue weighted by molar-refractivity contribution is -0.184. The Morgan fingerprint density at radius 2 is 1.74 bits per heavy atom. The highest BCUT2D eigenvalue weighted by Gasteiger charge is 2.57. The topological polar surface area (TPSA) is 53.2 Å². The zero-order valence-corrected chi connectivity index (χ0v) is 12.5. The Bertz CT molecular complexity index is 361. The first-order chi connectivity index (χ1) is 8.89. The maximum atomic E-state index is 11.2. The molecule has 3 nitrogen and oxygen atoms in total. The van der Waals surface area contributed by atoms with Gasteiger partial charge in [0.25, 0.3) is 0 Å². The third-order valence-corrected chi connectivity index (χ3v) is 5.59. The van der Waals surface area contributed by atoms with Crippen LogP contribution in [0.1, 0.15) is 65.2 Å². The van der Waals surface area contributed by atoms with Crippen molar-refractivity contribution in [1.82, 2.24) is 0 Å². The molecule has 0 aliphatic heterocycles. The van der Waals surface area contributed by atoms with Crippen molar-refractivity contribution in [3.63, 3.8) is 0 Å². The SMILES string of the molecule is COC1CCCCC1(O)C1(C#N)CCC(C)(C)CC1. The van der Waals surface area contributed by atoms with Gasteiger partial charge in [0.2, 0.25) is 0 Å². The molecule has 0 aromatic rings. The van der Waals surface area contributed by atoms with Crippen molar-refractivity contribution >= 4 is 0 Å². The molecule has 0 aromatic heterocycles. The fourth-order valence-corrected chi connectivity index (χ4v) is 3.98. The predicted octanol–water partition coefficient (Wildman–Crippen LogP) is 3.42. The lowest BCUT2D eigenvalue weighted by atomic mass is 9.55. The van der Waals surface area contributed by atoms with Crippen molar-refractivity contribution < 1.29 is 9.84 Å². The highest BCUT2D eigenvalue weighted by molar-refractivity contribution is 5.17. The van der Waals surface area contributed by atoms with Crippen LogP contribution >= 0.6 is 0 Å². The van der Waals surface area contributed by atoms with Gasteiger partial charge in [-0.25, -0.2) is 0 Å². The standard InChI is InChI=1S/C16H27NO2/c1-14(2)8-10-15(12-17,11-9-14)16(18)7-5-4-6-13(16)19-3/h13,18H,4-11H2,1-3H3. The van der Waals surface area contributed by atoms with Crippen molar-refractivity contribution in [2.45, 2.75) is 76.9 Å². The van der Waals surface area contributed by atoms with E-state index in [4.69, 9.17) is 4.74 Å². The summed E-state index contributed by atoms with van der Waals surface area (Å²) in [5.41, 5.74) is -1.26. The minimum Gasteiger partial charge on any atom is -0.386 e. The highest BCUT2D eigenvalue weighted by atomic mass is 16.5. The first-order valence-electron chi connectivity index (χ1n) is 7.56. The summed E-state index contributed by atoms with van der Waals surface area (Å²) in [4.78, 5) is 0. The highest BCUT2D eigenvalue weighted by Crippen LogP contribution is 2.54. The zero-order valence-electron chi connectivity index (χ0n) is 12.5. The minimum atomic E-state index is -0.953. The van der Waals surface area contributed by atoms with Crippen LogP contribution in [-0.4, -0.2) is 23.9 Å². The molecule has 2 aliphatic carbocycles. The molecule has 2 rings (SSSR count). The van der Waals surface area contributed by atoms with E-state index >= 15 is 0 Å². The quantitative estimate of drug-likeness (QED) is 0.832. The molecule has 0 spiro atoms. The number of aliphatic hydroxyl groups is 1. The summed E-state index contributed by atoms with van der Waals surface area (Å²) in [7, 11) is 1.67. The van der Waals surface area contributed by atoms with E-state index < -0.39 is 11.0 Å². The van der Waals surface area contributed by atoms with Crippen molar-refractivity contribution in [3.05, 3.63) is 0 Å². The first kappa shape index (κ1) is 14.8. The van der Waals surface area contributed by atoms with Crippen LogP contribution in [0.15, 0.2) is 0 Å². The Kier molecular flexibility index (Phi) is 3.95. The van der Waals surface area contributed by atoms with E-state index in [1.165, 1.54) is 0 Å². The van der Waals surface area contributed by atoms with E-state index in [0.29, 0.717) is 11.8 Å². The molecular weight excluding hydrogens is 238 g/mol. The largest absolute Gasteiger partial charge is 0.386 e. The van der Waals surface area contributed by atoms with Crippen LogP contribution in [0.25, 0.3) is 0 Å². The number of hydrogen-bond donors (Lipinski definition) is 1. The van der Waals surface area contributed by atoms with Gasteiger partial charge < -0.3 is 9.84 Å².